The zero-order chi connectivity index (χ0) is 21.8. The van der Waals surface area contributed by atoms with Crippen LogP contribution in [0.2, 0.25) is 0 Å². The Kier molecular flexibility index (Phi) is 7.45. The fraction of sp³-hybridized carbons (Fsp3) is 0.619. The maximum absolute atomic E-state index is 12.9. The summed E-state index contributed by atoms with van der Waals surface area (Å²) in [5.74, 6) is -0.422. The van der Waals surface area contributed by atoms with Gasteiger partial charge in [0, 0.05) is 18.6 Å². The van der Waals surface area contributed by atoms with E-state index in [0.29, 0.717) is 24.9 Å². The van der Waals surface area contributed by atoms with Gasteiger partial charge in [-0.25, -0.2) is 13.2 Å². The van der Waals surface area contributed by atoms with Crippen LogP contribution in [0.15, 0.2) is 29.2 Å². The van der Waals surface area contributed by atoms with Gasteiger partial charge in [-0.1, -0.05) is 20.8 Å². The van der Waals surface area contributed by atoms with Crippen molar-refractivity contribution in [2.24, 2.45) is 11.8 Å². The van der Waals surface area contributed by atoms with E-state index in [1.165, 1.54) is 28.6 Å². The first-order valence-corrected chi connectivity index (χ1v) is 11.5. The van der Waals surface area contributed by atoms with Gasteiger partial charge >= 0.3 is 5.97 Å². The number of rotatable bonds is 7. The molecule has 2 rings (SSSR count). The van der Waals surface area contributed by atoms with Gasteiger partial charge in [-0.2, -0.15) is 4.31 Å². The van der Waals surface area contributed by atoms with Crippen molar-refractivity contribution >= 4 is 21.9 Å². The van der Waals surface area contributed by atoms with E-state index in [1.807, 2.05) is 20.8 Å². The summed E-state index contributed by atoms with van der Waals surface area (Å²) in [6.45, 7) is 10.4. The van der Waals surface area contributed by atoms with Gasteiger partial charge in [0.2, 0.25) is 10.0 Å². The second-order valence-corrected chi connectivity index (χ2v) is 10.6. The maximum Gasteiger partial charge on any atom is 0.338 e. The fourth-order valence-corrected chi connectivity index (χ4v) is 5.11. The molecule has 0 spiro atoms. The van der Waals surface area contributed by atoms with E-state index in [2.05, 4.69) is 19.2 Å². The third-order valence-corrected chi connectivity index (χ3v) is 7.11. The Morgan fingerprint density at radius 2 is 1.69 bits per heavy atom. The van der Waals surface area contributed by atoms with Crippen molar-refractivity contribution in [3.63, 3.8) is 0 Å². The monoisotopic (exact) mass is 424 g/mol. The van der Waals surface area contributed by atoms with Gasteiger partial charge in [0.1, 0.15) is 0 Å². The van der Waals surface area contributed by atoms with Crippen LogP contribution < -0.4 is 5.32 Å². The minimum absolute atomic E-state index is 0.151. The average molecular weight is 425 g/mol. The molecule has 1 fully saturated rings. The number of sulfonamides is 1. The number of hydrogen-bond acceptors (Lipinski definition) is 5. The summed E-state index contributed by atoms with van der Waals surface area (Å²) in [6, 6.07) is 5.66. The molecule has 1 N–H and O–H groups in total. The van der Waals surface area contributed by atoms with Gasteiger partial charge < -0.3 is 10.1 Å². The van der Waals surface area contributed by atoms with Crippen molar-refractivity contribution < 1.29 is 22.7 Å². The molecule has 1 aliphatic rings. The summed E-state index contributed by atoms with van der Waals surface area (Å²) in [7, 11) is -3.60. The van der Waals surface area contributed by atoms with Gasteiger partial charge in [-0.05, 0) is 62.8 Å². The van der Waals surface area contributed by atoms with Crippen molar-refractivity contribution in [1.82, 2.24) is 9.62 Å². The van der Waals surface area contributed by atoms with Crippen LogP contribution in [0.5, 0.6) is 0 Å². The van der Waals surface area contributed by atoms with Crippen LogP contribution in [0.4, 0.5) is 0 Å². The van der Waals surface area contributed by atoms with Crippen molar-refractivity contribution in [3.05, 3.63) is 29.8 Å². The third kappa shape index (κ3) is 6.27. The number of hydrogen-bond donors (Lipinski definition) is 1. The van der Waals surface area contributed by atoms with E-state index >= 15 is 0 Å². The Hall–Kier alpha value is -1.93. The largest absolute Gasteiger partial charge is 0.452 e. The lowest BCUT2D eigenvalue weighted by molar-refractivity contribution is -0.125. The number of nitrogens with zero attached hydrogens (tertiary/aromatic N) is 1. The number of ether oxygens (including phenoxy) is 1. The molecule has 1 saturated heterocycles. The first-order chi connectivity index (χ1) is 13.4. The summed E-state index contributed by atoms with van der Waals surface area (Å²) >= 11 is 0. The Morgan fingerprint density at radius 1 is 1.14 bits per heavy atom. The second kappa shape index (κ2) is 9.26. The highest BCUT2D eigenvalue weighted by Crippen LogP contribution is 2.26. The van der Waals surface area contributed by atoms with Crippen molar-refractivity contribution in [1.29, 1.82) is 0 Å². The van der Waals surface area contributed by atoms with Crippen LogP contribution in [0, 0.1) is 11.8 Å². The molecule has 162 valence electrons. The lowest BCUT2D eigenvalue weighted by Gasteiger charge is -2.34. The van der Waals surface area contributed by atoms with Crippen molar-refractivity contribution in [2.45, 2.75) is 57.9 Å². The normalized spacial score (nSPS) is 20.9. The predicted molar refractivity (Wildman–Crippen MR) is 111 cm³/mol. The van der Waals surface area contributed by atoms with Gasteiger partial charge in [-0.15, -0.1) is 0 Å². The fourth-order valence-electron chi connectivity index (χ4n) is 3.43. The van der Waals surface area contributed by atoms with E-state index in [1.54, 1.807) is 0 Å². The Bertz CT molecular complexity index is 823. The third-order valence-electron chi connectivity index (χ3n) is 5.26. The molecular formula is C21H32N2O5S. The van der Waals surface area contributed by atoms with Crippen LogP contribution in [0.25, 0.3) is 0 Å². The molecule has 8 heteroatoms. The van der Waals surface area contributed by atoms with Gasteiger partial charge in [-0.3, -0.25) is 4.79 Å². The number of esters is 1. The SMILES string of the molecule is CCC(C)(C)NC(=O)COC(=O)c1ccc(S(=O)(=O)N2CC(C)CC(C)C2)cc1. The smallest absolute Gasteiger partial charge is 0.338 e. The minimum Gasteiger partial charge on any atom is -0.452 e. The summed E-state index contributed by atoms with van der Waals surface area (Å²) < 4.78 is 32.3. The highest BCUT2D eigenvalue weighted by molar-refractivity contribution is 7.89. The molecule has 0 bridgehead atoms. The zero-order valence-corrected chi connectivity index (χ0v) is 18.7. The average Bonchev–Trinajstić information content (AvgIpc) is 2.65. The van der Waals surface area contributed by atoms with Gasteiger partial charge in [0.05, 0.1) is 10.5 Å². The quantitative estimate of drug-likeness (QED) is 0.680. The number of carbonyl (C=O) groups excluding carboxylic acids is 2. The van der Waals surface area contributed by atoms with Crippen LogP contribution in [0.1, 0.15) is 57.8 Å². The van der Waals surface area contributed by atoms with E-state index in [0.717, 1.165) is 12.8 Å². The number of amides is 1. The molecular weight excluding hydrogens is 392 g/mol. The molecule has 29 heavy (non-hydrogen) atoms. The van der Waals surface area contributed by atoms with Gasteiger partial charge in [0.15, 0.2) is 6.61 Å². The van der Waals surface area contributed by atoms with E-state index in [9.17, 15) is 18.0 Å². The molecule has 1 aromatic rings. The molecule has 1 amide bonds. The molecule has 0 aromatic heterocycles. The Morgan fingerprint density at radius 3 is 2.21 bits per heavy atom. The van der Waals surface area contributed by atoms with Crippen LogP contribution >= 0.6 is 0 Å². The molecule has 0 saturated carbocycles. The highest BCUT2D eigenvalue weighted by atomic mass is 32.2. The van der Waals surface area contributed by atoms with Gasteiger partial charge in [0.25, 0.3) is 5.91 Å². The van der Waals surface area contributed by atoms with E-state index < -0.39 is 16.0 Å². The summed E-state index contributed by atoms with van der Waals surface area (Å²) in [6.07, 6.45) is 1.76. The highest BCUT2D eigenvalue weighted by Gasteiger charge is 2.31. The Labute approximate surface area is 173 Å². The Balaban J connectivity index is 2.00. The molecule has 7 nitrogen and oxygen atoms in total. The molecule has 0 aliphatic carbocycles. The number of benzene rings is 1. The van der Waals surface area contributed by atoms with Crippen molar-refractivity contribution in [3.8, 4) is 0 Å². The second-order valence-electron chi connectivity index (χ2n) is 8.65. The predicted octanol–water partition coefficient (Wildman–Crippen LogP) is 2.81. The maximum atomic E-state index is 12.9. The molecule has 1 aromatic carbocycles. The molecule has 0 radical (unpaired) electrons. The summed E-state index contributed by atoms with van der Waals surface area (Å²) in [5, 5.41) is 2.78. The van der Waals surface area contributed by atoms with Crippen LogP contribution in [-0.2, 0) is 19.6 Å². The number of piperidine rings is 1. The lowest BCUT2D eigenvalue weighted by atomic mass is 9.94. The number of nitrogens with one attached hydrogen (secondary N) is 1. The summed E-state index contributed by atoms with van der Waals surface area (Å²) in [4.78, 5) is 24.2. The molecule has 2 unspecified atom stereocenters. The zero-order valence-electron chi connectivity index (χ0n) is 17.9. The molecule has 1 heterocycles. The topological polar surface area (TPSA) is 92.8 Å². The van der Waals surface area contributed by atoms with Crippen LogP contribution in [0.3, 0.4) is 0 Å². The minimum atomic E-state index is -3.60. The molecule has 1 aliphatic heterocycles. The van der Waals surface area contributed by atoms with Crippen LogP contribution in [-0.4, -0.2) is 49.8 Å². The van der Waals surface area contributed by atoms with E-state index in [4.69, 9.17) is 4.74 Å². The van der Waals surface area contributed by atoms with Crippen molar-refractivity contribution in [2.75, 3.05) is 19.7 Å². The number of carbonyl (C=O) groups is 2. The molecule has 2 atom stereocenters. The lowest BCUT2D eigenvalue weighted by Crippen LogP contribution is -2.44. The standard InChI is InChI=1S/C21H32N2O5S/c1-6-21(4,5)22-19(24)14-28-20(25)17-7-9-18(10-8-17)29(26,27)23-12-15(2)11-16(3)13-23/h7-10,15-16H,6,11-14H2,1-5H3,(H,22,24). The first kappa shape index (κ1) is 23.3. The van der Waals surface area contributed by atoms with E-state index in [-0.39, 0.29) is 28.5 Å². The summed E-state index contributed by atoms with van der Waals surface area (Å²) in [5.41, 5.74) is -0.171. The first-order valence-electron chi connectivity index (χ1n) is 10.0.